The second kappa shape index (κ2) is 13.8. The van der Waals surface area contributed by atoms with Gasteiger partial charge in [0.05, 0.1) is 15.5 Å². The molecule has 2 N–H and O–H groups in total. The molecule has 3 aromatic carbocycles. The molecule has 0 saturated heterocycles. The number of hydrogen-bond donors (Lipinski definition) is 2. The number of rotatable bonds is 12. The van der Waals surface area contributed by atoms with E-state index in [-0.39, 0.29) is 17.2 Å². The van der Waals surface area contributed by atoms with Crippen LogP contribution in [0.3, 0.4) is 0 Å². The minimum Gasteiger partial charge on any atom is -0.480 e. The second-order valence-electron chi connectivity index (χ2n) is 11.2. The van der Waals surface area contributed by atoms with E-state index in [0.717, 1.165) is 39.6 Å². The van der Waals surface area contributed by atoms with Crippen molar-refractivity contribution < 1.29 is 23.1 Å². The monoisotopic (exact) mass is 631 g/mol. The minimum atomic E-state index is -4.12. The molecule has 8 nitrogen and oxygen atoms in total. The molecule has 44 heavy (non-hydrogen) atoms. The van der Waals surface area contributed by atoms with Crippen molar-refractivity contribution in [2.24, 2.45) is 5.92 Å². The lowest BCUT2D eigenvalue weighted by Gasteiger charge is -2.24. The first-order chi connectivity index (χ1) is 21.2. The fourth-order valence-corrected chi connectivity index (χ4v) is 7.95. The number of amides is 1. The summed E-state index contributed by atoms with van der Waals surface area (Å²) >= 11 is 1.39. The highest BCUT2D eigenvalue weighted by atomic mass is 32.2. The second-order valence-corrected chi connectivity index (χ2v) is 14.2. The number of carboxylic acids is 1. The maximum Gasteiger partial charge on any atom is 0.322 e. The molecule has 1 atom stereocenters. The third-order valence-corrected chi connectivity index (χ3v) is 11.1. The Bertz CT molecular complexity index is 1700. The maximum absolute atomic E-state index is 13.5. The van der Waals surface area contributed by atoms with Crippen molar-refractivity contribution in [2.75, 3.05) is 12.4 Å². The van der Waals surface area contributed by atoms with E-state index in [4.69, 9.17) is 4.98 Å². The zero-order valence-electron chi connectivity index (χ0n) is 24.9. The molecule has 0 spiro atoms. The first kappa shape index (κ1) is 31.6. The Morgan fingerprint density at radius 3 is 2.20 bits per heavy atom. The van der Waals surface area contributed by atoms with Gasteiger partial charge in [-0.05, 0) is 60.4 Å². The average molecular weight is 632 g/mol. The van der Waals surface area contributed by atoms with Crippen molar-refractivity contribution in [1.29, 1.82) is 0 Å². The van der Waals surface area contributed by atoms with Gasteiger partial charge in [0.1, 0.15) is 6.04 Å². The van der Waals surface area contributed by atoms with Crippen LogP contribution in [0.15, 0.2) is 83.8 Å². The standard InChI is InChI=1S/C34H37N3O5S2/c1-3-23-13-15-27(16-14-23)32-31(36-34(43-32)35-30(38)22-25-11-7-8-12-25)26-17-19-28(20-18-26)44(41,42)37(2)29(33(39)40)21-24-9-5-4-6-10-24/h4-6,9-10,13-20,25,29H,3,7-8,11-12,21-22H2,1-2H3,(H,39,40)(H,35,36,38). The smallest absolute Gasteiger partial charge is 0.322 e. The SMILES string of the molecule is CCc1ccc(-c2sc(NC(=O)CC3CCCC3)nc2-c2ccc(S(=O)(=O)N(C)C(Cc3ccccc3)C(=O)O)cc2)cc1. The summed E-state index contributed by atoms with van der Waals surface area (Å²) in [6, 6.07) is 22.2. The van der Waals surface area contributed by atoms with Crippen molar-refractivity contribution in [3.63, 3.8) is 0 Å². The molecule has 10 heteroatoms. The van der Waals surface area contributed by atoms with Crippen molar-refractivity contribution in [1.82, 2.24) is 9.29 Å². The van der Waals surface area contributed by atoms with Gasteiger partial charge in [-0.2, -0.15) is 4.31 Å². The summed E-state index contributed by atoms with van der Waals surface area (Å²) in [5.41, 5.74) is 4.21. The van der Waals surface area contributed by atoms with Gasteiger partial charge in [-0.3, -0.25) is 9.59 Å². The Balaban J connectivity index is 1.42. The number of sulfonamides is 1. The van der Waals surface area contributed by atoms with Gasteiger partial charge in [-0.15, -0.1) is 0 Å². The number of likely N-dealkylation sites (N-methyl/N-ethyl adjacent to an activating group) is 1. The fraction of sp³-hybridized carbons (Fsp3) is 0.324. The van der Waals surface area contributed by atoms with E-state index in [9.17, 15) is 23.1 Å². The molecule has 1 fully saturated rings. The third-order valence-electron chi connectivity index (χ3n) is 8.25. The van der Waals surface area contributed by atoms with Gasteiger partial charge >= 0.3 is 5.97 Å². The van der Waals surface area contributed by atoms with Crippen LogP contribution in [0.4, 0.5) is 5.13 Å². The number of aromatic nitrogens is 1. The van der Waals surface area contributed by atoms with Crippen LogP contribution in [0.1, 0.15) is 50.2 Å². The van der Waals surface area contributed by atoms with E-state index >= 15 is 0 Å². The first-order valence-electron chi connectivity index (χ1n) is 14.9. The van der Waals surface area contributed by atoms with Gasteiger partial charge in [0.2, 0.25) is 15.9 Å². The summed E-state index contributed by atoms with van der Waals surface area (Å²) in [6.07, 6.45) is 5.93. The number of nitrogens with zero attached hydrogens (tertiary/aromatic N) is 2. The van der Waals surface area contributed by atoms with E-state index < -0.39 is 22.0 Å². The summed E-state index contributed by atoms with van der Waals surface area (Å²) in [7, 11) is -2.82. The molecule has 0 bridgehead atoms. The molecule has 0 radical (unpaired) electrons. The molecular formula is C34H37N3O5S2. The Morgan fingerprint density at radius 2 is 1.59 bits per heavy atom. The van der Waals surface area contributed by atoms with E-state index in [0.29, 0.717) is 28.7 Å². The quantitative estimate of drug-likeness (QED) is 0.176. The van der Waals surface area contributed by atoms with E-state index in [1.807, 2.05) is 18.2 Å². The molecular weight excluding hydrogens is 595 g/mol. The topological polar surface area (TPSA) is 117 Å². The lowest BCUT2D eigenvalue weighted by Crippen LogP contribution is -2.43. The van der Waals surface area contributed by atoms with Gasteiger partial charge in [0.25, 0.3) is 0 Å². The number of benzene rings is 3. The molecule has 4 aromatic rings. The Labute approximate surface area is 262 Å². The normalized spacial score (nSPS) is 14.5. The highest BCUT2D eigenvalue weighted by Gasteiger charge is 2.33. The number of nitrogens with one attached hydrogen (secondary N) is 1. The van der Waals surface area contributed by atoms with Crippen molar-refractivity contribution in [3.8, 4) is 21.7 Å². The van der Waals surface area contributed by atoms with Gasteiger partial charge in [0.15, 0.2) is 5.13 Å². The maximum atomic E-state index is 13.5. The molecule has 0 aliphatic heterocycles. The molecule has 1 aliphatic carbocycles. The molecule has 1 unspecified atom stereocenters. The highest BCUT2D eigenvalue weighted by molar-refractivity contribution is 7.89. The number of thiazole rings is 1. The van der Waals surface area contributed by atoms with Gasteiger partial charge in [0, 0.05) is 19.0 Å². The number of carbonyl (C=O) groups is 2. The first-order valence-corrected chi connectivity index (χ1v) is 17.2. The molecule has 1 heterocycles. The van der Waals surface area contributed by atoms with Gasteiger partial charge in [-0.25, -0.2) is 13.4 Å². The lowest BCUT2D eigenvalue weighted by atomic mass is 10.0. The predicted octanol–water partition coefficient (Wildman–Crippen LogP) is 6.87. The summed E-state index contributed by atoms with van der Waals surface area (Å²) in [5, 5.41) is 13.4. The number of anilines is 1. The third kappa shape index (κ3) is 7.26. The lowest BCUT2D eigenvalue weighted by molar-refractivity contribution is -0.141. The number of carbonyl (C=O) groups excluding carboxylic acids is 1. The summed E-state index contributed by atoms with van der Waals surface area (Å²) in [5.74, 6) is -0.852. The van der Waals surface area contributed by atoms with E-state index in [1.54, 1.807) is 36.4 Å². The molecule has 1 aliphatic rings. The Hall–Kier alpha value is -3.86. The predicted molar refractivity (Wildman–Crippen MR) is 174 cm³/mol. The van der Waals surface area contributed by atoms with Crippen LogP contribution in [0, 0.1) is 5.92 Å². The molecule has 230 valence electrons. The highest BCUT2D eigenvalue weighted by Crippen LogP contribution is 2.40. The van der Waals surface area contributed by atoms with E-state index in [1.165, 1.54) is 48.9 Å². The fourth-order valence-electron chi connectivity index (χ4n) is 5.63. The Kier molecular flexibility index (Phi) is 9.93. The van der Waals surface area contributed by atoms with Crippen LogP contribution in [-0.2, 0) is 32.5 Å². The van der Waals surface area contributed by atoms with Crippen LogP contribution in [0.5, 0.6) is 0 Å². The minimum absolute atomic E-state index is 0.0165. The van der Waals surface area contributed by atoms with Crippen molar-refractivity contribution in [3.05, 3.63) is 90.0 Å². The van der Waals surface area contributed by atoms with Gasteiger partial charge in [-0.1, -0.05) is 97.8 Å². The van der Waals surface area contributed by atoms with Crippen molar-refractivity contribution in [2.45, 2.75) is 62.8 Å². The zero-order chi connectivity index (χ0) is 31.3. The summed E-state index contributed by atoms with van der Waals surface area (Å²) in [6.45, 7) is 2.10. The number of carboxylic acid groups (broad SMARTS) is 1. The number of aliphatic carboxylic acids is 1. The van der Waals surface area contributed by atoms with Crippen LogP contribution in [0.2, 0.25) is 0 Å². The molecule has 1 amide bonds. The molecule has 1 saturated carbocycles. The summed E-state index contributed by atoms with van der Waals surface area (Å²) < 4.78 is 28.0. The Morgan fingerprint density at radius 1 is 0.955 bits per heavy atom. The number of hydrogen-bond acceptors (Lipinski definition) is 6. The molecule has 5 rings (SSSR count). The van der Waals surface area contributed by atoms with Crippen molar-refractivity contribution >= 4 is 38.4 Å². The zero-order valence-corrected chi connectivity index (χ0v) is 26.5. The van der Waals surface area contributed by atoms with Crippen LogP contribution in [0.25, 0.3) is 21.7 Å². The van der Waals surface area contributed by atoms with Gasteiger partial charge < -0.3 is 10.4 Å². The van der Waals surface area contributed by atoms with Crippen LogP contribution >= 0.6 is 11.3 Å². The summed E-state index contributed by atoms with van der Waals surface area (Å²) in [4.78, 5) is 30.6. The van der Waals surface area contributed by atoms with Crippen LogP contribution in [-0.4, -0.2) is 47.8 Å². The van der Waals surface area contributed by atoms with E-state index in [2.05, 4.69) is 24.4 Å². The van der Waals surface area contributed by atoms with Crippen LogP contribution < -0.4 is 5.32 Å². The largest absolute Gasteiger partial charge is 0.480 e. The molecule has 1 aromatic heterocycles. The number of aryl methyl sites for hydroxylation is 1. The average Bonchev–Trinajstić information content (AvgIpc) is 3.70.